The van der Waals surface area contributed by atoms with Crippen molar-refractivity contribution in [1.29, 1.82) is 0 Å². The van der Waals surface area contributed by atoms with Crippen molar-refractivity contribution >= 4 is 34.7 Å². The molecule has 0 radical (unpaired) electrons. The summed E-state index contributed by atoms with van der Waals surface area (Å²) in [5, 5.41) is 21.0. The van der Waals surface area contributed by atoms with Crippen LogP contribution in [0, 0.1) is 24.0 Å². The summed E-state index contributed by atoms with van der Waals surface area (Å²) in [6, 6.07) is 9.91. The lowest BCUT2D eigenvalue weighted by Gasteiger charge is -2.15. The van der Waals surface area contributed by atoms with Crippen LogP contribution in [0.1, 0.15) is 44.6 Å². The van der Waals surface area contributed by atoms with Crippen molar-refractivity contribution in [2.24, 2.45) is 7.05 Å². The normalized spacial score (nSPS) is 11.5. The molecule has 0 aliphatic carbocycles. The van der Waals surface area contributed by atoms with Gasteiger partial charge in [0.1, 0.15) is 5.69 Å². The van der Waals surface area contributed by atoms with Crippen LogP contribution in [-0.4, -0.2) is 45.5 Å². The zero-order valence-electron chi connectivity index (χ0n) is 19.9. The minimum absolute atomic E-state index is 0.00411. The largest absolute Gasteiger partial charge is 0.449 e. The SMILES string of the molecule is CNc1ccc(C(=O)c2ccccc2C(=O)OC(C)C(=O)Nc2c(C)nn(C)c2C)cc1[N+](=O)[O-]. The fourth-order valence-corrected chi connectivity index (χ4v) is 3.51. The second-order valence-corrected chi connectivity index (χ2v) is 7.82. The summed E-state index contributed by atoms with van der Waals surface area (Å²) in [6.07, 6.45) is -1.17. The van der Waals surface area contributed by atoms with Crippen LogP contribution in [0.4, 0.5) is 17.1 Å². The average molecular weight is 479 g/mol. The van der Waals surface area contributed by atoms with Crippen molar-refractivity contribution in [3.63, 3.8) is 0 Å². The van der Waals surface area contributed by atoms with Gasteiger partial charge in [-0.15, -0.1) is 0 Å². The number of nitro groups is 1. The van der Waals surface area contributed by atoms with Crippen molar-refractivity contribution in [1.82, 2.24) is 9.78 Å². The molecule has 0 fully saturated rings. The van der Waals surface area contributed by atoms with Crippen molar-refractivity contribution in [2.75, 3.05) is 17.7 Å². The maximum absolute atomic E-state index is 13.1. The van der Waals surface area contributed by atoms with E-state index in [4.69, 9.17) is 4.74 Å². The number of ketones is 1. The first kappa shape index (κ1) is 25.1. The van der Waals surface area contributed by atoms with Gasteiger partial charge in [-0.05, 0) is 39.0 Å². The van der Waals surface area contributed by atoms with Crippen LogP contribution in [0.3, 0.4) is 0 Å². The first-order chi connectivity index (χ1) is 16.5. The number of nitrogens with zero attached hydrogens (tertiary/aromatic N) is 3. The van der Waals surface area contributed by atoms with Gasteiger partial charge in [0.05, 0.1) is 27.6 Å². The van der Waals surface area contributed by atoms with Gasteiger partial charge in [-0.3, -0.25) is 24.4 Å². The first-order valence-corrected chi connectivity index (χ1v) is 10.7. The summed E-state index contributed by atoms with van der Waals surface area (Å²) >= 11 is 0. The molecule has 0 aliphatic heterocycles. The lowest BCUT2D eigenvalue weighted by atomic mass is 9.97. The molecule has 2 aromatic carbocycles. The molecule has 1 unspecified atom stereocenters. The smallest absolute Gasteiger partial charge is 0.339 e. The Labute approximate surface area is 201 Å². The summed E-state index contributed by atoms with van der Waals surface area (Å²) in [7, 11) is 3.28. The quantitative estimate of drug-likeness (QED) is 0.216. The van der Waals surface area contributed by atoms with Gasteiger partial charge in [-0.25, -0.2) is 4.79 Å². The number of esters is 1. The van der Waals surface area contributed by atoms with E-state index < -0.39 is 28.7 Å². The molecule has 3 rings (SSSR count). The number of amides is 1. The van der Waals surface area contributed by atoms with Gasteiger partial charge >= 0.3 is 5.97 Å². The average Bonchev–Trinajstić information content (AvgIpc) is 3.08. The van der Waals surface area contributed by atoms with E-state index in [-0.39, 0.29) is 28.1 Å². The van der Waals surface area contributed by atoms with Gasteiger partial charge < -0.3 is 15.4 Å². The van der Waals surface area contributed by atoms with Crippen LogP contribution in [0.5, 0.6) is 0 Å². The number of ether oxygens (including phenoxy) is 1. The zero-order valence-corrected chi connectivity index (χ0v) is 19.9. The third kappa shape index (κ3) is 5.18. The molecule has 0 spiro atoms. The number of carbonyl (C=O) groups is 3. The van der Waals surface area contributed by atoms with Gasteiger partial charge in [0.2, 0.25) is 0 Å². The van der Waals surface area contributed by atoms with Crippen LogP contribution >= 0.6 is 0 Å². The van der Waals surface area contributed by atoms with E-state index in [1.165, 1.54) is 38.2 Å². The van der Waals surface area contributed by atoms with Gasteiger partial charge in [-0.1, -0.05) is 18.2 Å². The molecule has 0 saturated heterocycles. The molecular formula is C24H25N5O6. The Morgan fingerprint density at radius 1 is 1.11 bits per heavy atom. The predicted molar refractivity (Wildman–Crippen MR) is 129 cm³/mol. The number of hydrogen-bond donors (Lipinski definition) is 2. The molecular weight excluding hydrogens is 454 g/mol. The molecule has 11 heteroatoms. The minimum atomic E-state index is -1.17. The fraction of sp³-hybridized carbons (Fsp3) is 0.250. The fourth-order valence-electron chi connectivity index (χ4n) is 3.51. The molecule has 35 heavy (non-hydrogen) atoms. The van der Waals surface area contributed by atoms with Crippen molar-refractivity contribution in [2.45, 2.75) is 26.9 Å². The van der Waals surface area contributed by atoms with Crippen LogP contribution in [0.15, 0.2) is 42.5 Å². The summed E-state index contributed by atoms with van der Waals surface area (Å²) in [6.45, 7) is 4.95. The predicted octanol–water partition coefficient (Wildman–Crippen LogP) is 3.40. The van der Waals surface area contributed by atoms with Crippen LogP contribution in [0.25, 0.3) is 0 Å². The highest BCUT2D eigenvalue weighted by Gasteiger charge is 2.26. The number of aryl methyl sites for hydroxylation is 2. The number of rotatable bonds is 8. The topological polar surface area (TPSA) is 145 Å². The highest BCUT2D eigenvalue weighted by atomic mass is 16.6. The molecule has 3 aromatic rings. The molecule has 0 saturated carbocycles. The van der Waals surface area contributed by atoms with E-state index in [2.05, 4.69) is 15.7 Å². The van der Waals surface area contributed by atoms with Crippen molar-refractivity contribution < 1.29 is 24.0 Å². The second-order valence-electron chi connectivity index (χ2n) is 7.82. The van der Waals surface area contributed by atoms with E-state index >= 15 is 0 Å². The maximum atomic E-state index is 13.1. The Morgan fingerprint density at radius 2 is 1.77 bits per heavy atom. The number of nitrogens with one attached hydrogen (secondary N) is 2. The molecule has 1 heterocycles. The Morgan fingerprint density at radius 3 is 2.34 bits per heavy atom. The van der Waals surface area contributed by atoms with E-state index in [1.807, 2.05) is 0 Å². The summed E-state index contributed by atoms with van der Waals surface area (Å²) < 4.78 is 6.96. The molecule has 0 bridgehead atoms. The number of nitro benzene ring substituents is 1. The molecule has 1 atom stereocenters. The van der Waals surface area contributed by atoms with Gasteiger partial charge in [0.25, 0.3) is 11.6 Å². The third-order valence-corrected chi connectivity index (χ3v) is 5.53. The van der Waals surface area contributed by atoms with Crippen molar-refractivity contribution in [3.8, 4) is 0 Å². The number of carbonyl (C=O) groups excluding carboxylic acids is 3. The Kier molecular flexibility index (Phi) is 7.28. The van der Waals surface area contributed by atoms with Crippen LogP contribution < -0.4 is 10.6 Å². The maximum Gasteiger partial charge on any atom is 0.339 e. The van der Waals surface area contributed by atoms with Crippen molar-refractivity contribution in [3.05, 3.63) is 80.7 Å². The molecule has 1 aromatic heterocycles. The molecule has 1 amide bonds. The summed E-state index contributed by atoms with van der Waals surface area (Å²) in [4.78, 5) is 49.4. The number of benzene rings is 2. The number of hydrogen-bond acceptors (Lipinski definition) is 8. The molecule has 182 valence electrons. The van der Waals surface area contributed by atoms with E-state index in [0.717, 1.165) is 11.8 Å². The molecule has 11 nitrogen and oxygen atoms in total. The Hall–Kier alpha value is -4.54. The van der Waals surface area contributed by atoms with E-state index in [1.54, 1.807) is 37.7 Å². The van der Waals surface area contributed by atoms with E-state index in [0.29, 0.717) is 11.4 Å². The molecule has 0 aliphatic rings. The third-order valence-electron chi connectivity index (χ3n) is 5.53. The van der Waals surface area contributed by atoms with Crippen LogP contribution in [0.2, 0.25) is 0 Å². The van der Waals surface area contributed by atoms with Gasteiger partial charge in [-0.2, -0.15) is 5.10 Å². The lowest BCUT2D eigenvalue weighted by molar-refractivity contribution is -0.384. The minimum Gasteiger partial charge on any atom is -0.449 e. The first-order valence-electron chi connectivity index (χ1n) is 10.7. The van der Waals surface area contributed by atoms with Gasteiger partial charge in [0, 0.05) is 31.3 Å². The second kappa shape index (κ2) is 10.2. The zero-order chi connectivity index (χ0) is 25.9. The Bertz CT molecular complexity index is 1330. The number of aromatic nitrogens is 2. The molecule has 2 N–H and O–H groups in total. The highest BCUT2D eigenvalue weighted by Crippen LogP contribution is 2.27. The monoisotopic (exact) mass is 479 g/mol. The Balaban J connectivity index is 1.82. The highest BCUT2D eigenvalue weighted by molar-refractivity contribution is 6.15. The summed E-state index contributed by atoms with van der Waals surface area (Å²) in [5.41, 5.74) is 1.83. The van der Waals surface area contributed by atoms with Gasteiger partial charge in [0.15, 0.2) is 11.9 Å². The summed E-state index contributed by atoms with van der Waals surface area (Å²) in [5.74, 6) is -2.03. The number of anilines is 2. The lowest BCUT2D eigenvalue weighted by Crippen LogP contribution is -2.30. The standard InChI is InChI=1S/C24H25N5O6/c1-13-21(14(2)28(5)27-13)26-23(31)15(3)35-24(32)18-9-7-6-8-17(18)22(30)16-10-11-19(25-4)20(12-16)29(33)34/h6-12,15,25H,1-5H3,(H,26,31). The van der Waals surface area contributed by atoms with E-state index in [9.17, 15) is 24.5 Å². The van der Waals surface area contributed by atoms with Crippen LogP contribution in [-0.2, 0) is 16.6 Å².